The Morgan fingerprint density at radius 1 is 1.67 bits per heavy atom. The highest BCUT2D eigenvalue weighted by Crippen LogP contribution is 2.26. The lowest BCUT2D eigenvalue weighted by atomic mass is 10.1. The Morgan fingerprint density at radius 2 is 2.47 bits per heavy atom. The van der Waals surface area contributed by atoms with E-state index in [4.69, 9.17) is 11.6 Å². The van der Waals surface area contributed by atoms with Crippen LogP contribution in [0.2, 0.25) is 5.02 Å². The highest BCUT2D eigenvalue weighted by Gasteiger charge is 2.17. The van der Waals surface area contributed by atoms with Crippen LogP contribution >= 0.6 is 22.9 Å². The Morgan fingerprint density at radius 3 is 3.00 bits per heavy atom. The molecule has 3 nitrogen and oxygen atoms in total. The quantitative estimate of drug-likeness (QED) is 0.898. The van der Waals surface area contributed by atoms with Crippen molar-refractivity contribution in [2.75, 3.05) is 0 Å². The van der Waals surface area contributed by atoms with Crippen LogP contribution in [-0.4, -0.2) is 14.9 Å². The smallest absolute Gasteiger partial charge is 0.102 e. The van der Waals surface area contributed by atoms with Gasteiger partial charge in [0.25, 0.3) is 0 Å². The van der Waals surface area contributed by atoms with Crippen LogP contribution in [0.15, 0.2) is 23.7 Å². The standard InChI is InChI=1S/C10H11ClN2OS/c1-13-10(8(11)6-12-13)9(14)5-7-3-2-4-15-7/h2-4,6,9,14H,5H2,1H3. The van der Waals surface area contributed by atoms with Crippen LogP contribution in [0.25, 0.3) is 0 Å². The van der Waals surface area contributed by atoms with Crippen molar-refractivity contribution < 1.29 is 5.11 Å². The van der Waals surface area contributed by atoms with Crippen molar-refractivity contribution in [2.45, 2.75) is 12.5 Å². The van der Waals surface area contributed by atoms with Gasteiger partial charge >= 0.3 is 0 Å². The zero-order valence-corrected chi connectivity index (χ0v) is 9.79. The van der Waals surface area contributed by atoms with Crippen LogP contribution in [0.1, 0.15) is 16.7 Å². The molecule has 5 heteroatoms. The van der Waals surface area contributed by atoms with Crippen LogP contribution in [-0.2, 0) is 13.5 Å². The van der Waals surface area contributed by atoms with Crippen molar-refractivity contribution >= 4 is 22.9 Å². The van der Waals surface area contributed by atoms with E-state index in [0.717, 1.165) is 4.88 Å². The topological polar surface area (TPSA) is 38.0 Å². The summed E-state index contributed by atoms with van der Waals surface area (Å²) in [4.78, 5) is 1.14. The first kappa shape index (κ1) is 10.7. The minimum Gasteiger partial charge on any atom is -0.386 e. The number of thiophene rings is 1. The van der Waals surface area contributed by atoms with Crippen molar-refractivity contribution in [3.63, 3.8) is 0 Å². The molecule has 0 spiro atoms. The van der Waals surface area contributed by atoms with Gasteiger partial charge in [0.1, 0.15) is 6.10 Å². The summed E-state index contributed by atoms with van der Waals surface area (Å²) in [5.41, 5.74) is 0.671. The molecule has 0 aliphatic rings. The third kappa shape index (κ3) is 2.22. The molecular weight excluding hydrogens is 232 g/mol. The maximum atomic E-state index is 10.0. The second-order valence-electron chi connectivity index (χ2n) is 3.30. The first-order valence-electron chi connectivity index (χ1n) is 4.56. The Hall–Kier alpha value is -0.840. The molecule has 2 rings (SSSR count). The number of halogens is 1. The Balaban J connectivity index is 2.18. The van der Waals surface area contributed by atoms with Crippen LogP contribution in [0.5, 0.6) is 0 Å². The summed E-state index contributed by atoms with van der Waals surface area (Å²) < 4.78 is 1.61. The van der Waals surface area contributed by atoms with Crippen LogP contribution in [0, 0.1) is 0 Å². The predicted molar refractivity (Wildman–Crippen MR) is 61.2 cm³/mol. The fourth-order valence-corrected chi connectivity index (χ4v) is 2.55. The molecule has 1 N–H and O–H groups in total. The van der Waals surface area contributed by atoms with E-state index in [9.17, 15) is 5.11 Å². The number of aryl methyl sites for hydroxylation is 1. The van der Waals surface area contributed by atoms with Crippen LogP contribution in [0.4, 0.5) is 0 Å². The van der Waals surface area contributed by atoms with Crippen LogP contribution < -0.4 is 0 Å². The predicted octanol–water partition coefficient (Wildman–Crippen LogP) is 2.41. The fraction of sp³-hybridized carbons (Fsp3) is 0.300. The van der Waals surface area contributed by atoms with Crippen molar-refractivity contribution in [2.24, 2.45) is 7.05 Å². The molecule has 0 radical (unpaired) electrons. The minimum atomic E-state index is -0.594. The van der Waals surface area contributed by atoms with E-state index < -0.39 is 6.10 Å². The summed E-state index contributed by atoms with van der Waals surface area (Å²) in [5, 5.41) is 16.5. The molecule has 1 atom stereocenters. The molecule has 0 aliphatic heterocycles. The number of nitrogens with zero attached hydrogens (tertiary/aromatic N) is 2. The largest absolute Gasteiger partial charge is 0.386 e. The summed E-state index contributed by atoms with van der Waals surface area (Å²) >= 11 is 7.57. The number of aliphatic hydroxyl groups is 1. The molecule has 80 valence electrons. The molecule has 0 aliphatic carbocycles. The molecule has 2 aromatic rings. The minimum absolute atomic E-state index is 0.515. The zero-order chi connectivity index (χ0) is 10.8. The molecule has 15 heavy (non-hydrogen) atoms. The van der Waals surface area contributed by atoms with Gasteiger partial charge in [-0.1, -0.05) is 17.7 Å². The maximum Gasteiger partial charge on any atom is 0.102 e. The lowest BCUT2D eigenvalue weighted by Gasteiger charge is -2.10. The summed E-state index contributed by atoms with van der Waals surface area (Å²) in [6.07, 6.45) is 1.54. The second kappa shape index (κ2) is 4.35. The summed E-state index contributed by atoms with van der Waals surface area (Å²) in [6.45, 7) is 0. The van der Waals surface area contributed by atoms with E-state index in [0.29, 0.717) is 17.1 Å². The summed E-state index contributed by atoms with van der Waals surface area (Å²) in [5.74, 6) is 0. The van der Waals surface area contributed by atoms with E-state index >= 15 is 0 Å². The first-order valence-corrected chi connectivity index (χ1v) is 5.82. The van der Waals surface area contributed by atoms with Crippen molar-refractivity contribution in [3.05, 3.63) is 39.3 Å². The molecule has 1 unspecified atom stereocenters. The Labute approximate surface area is 96.9 Å². The Bertz CT molecular complexity index is 419. The third-order valence-electron chi connectivity index (χ3n) is 2.23. The summed E-state index contributed by atoms with van der Waals surface area (Å²) in [7, 11) is 1.78. The molecule has 0 saturated heterocycles. The van der Waals surface area contributed by atoms with Gasteiger partial charge in [-0.3, -0.25) is 4.68 Å². The molecule has 2 aromatic heterocycles. The number of aliphatic hydroxyl groups excluding tert-OH is 1. The van der Waals surface area contributed by atoms with Crippen molar-refractivity contribution in [3.8, 4) is 0 Å². The molecular formula is C10H11ClN2OS. The van der Waals surface area contributed by atoms with Crippen molar-refractivity contribution in [1.29, 1.82) is 0 Å². The van der Waals surface area contributed by atoms with E-state index in [2.05, 4.69) is 5.10 Å². The highest BCUT2D eigenvalue weighted by molar-refractivity contribution is 7.09. The van der Waals surface area contributed by atoms with E-state index in [1.807, 2.05) is 17.5 Å². The van der Waals surface area contributed by atoms with Gasteiger partial charge in [0, 0.05) is 18.3 Å². The van der Waals surface area contributed by atoms with Gasteiger partial charge in [0.05, 0.1) is 16.9 Å². The van der Waals surface area contributed by atoms with Gasteiger partial charge in [-0.15, -0.1) is 11.3 Å². The first-order chi connectivity index (χ1) is 7.18. The zero-order valence-electron chi connectivity index (χ0n) is 8.22. The van der Waals surface area contributed by atoms with Crippen molar-refractivity contribution in [1.82, 2.24) is 9.78 Å². The highest BCUT2D eigenvalue weighted by atomic mass is 35.5. The maximum absolute atomic E-state index is 10.0. The monoisotopic (exact) mass is 242 g/mol. The van der Waals surface area contributed by atoms with Gasteiger partial charge < -0.3 is 5.11 Å². The second-order valence-corrected chi connectivity index (χ2v) is 4.74. The Kier molecular flexibility index (Phi) is 3.09. The van der Waals surface area contributed by atoms with Gasteiger partial charge in [-0.25, -0.2) is 0 Å². The van der Waals surface area contributed by atoms with E-state index in [1.54, 1.807) is 29.3 Å². The molecule has 2 heterocycles. The third-order valence-corrected chi connectivity index (χ3v) is 3.42. The lowest BCUT2D eigenvalue weighted by Crippen LogP contribution is -2.07. The normalized spacial score (nSPS) is 13.0. The van der Waals surface area contributed by atoms with E-state index in [-0.39, 0.29) is 0 Å². The summed E-state index contributed by atoms with van der Waals surface area (Å²) in [6, 6.07) is 3.97. The molecule has 0 saturated carbocycles. The number of hydrogen-bond donors (Lipinski definition) is 1. The van der Waals surface area contributed by atoms with Gasteiger partial charge in [-0.2, -0.15) is 5.10 Å². The molecule has 0 bridgehead atoms. The fourth-order valence-electron chi connectivity index (χ4n) is 1.51. The number of aromatic nitrogens is 2. The lowest BCUT2D eigenvalue weighted by molar-refractivity contribution is 0.169. The molecule has 0 aromatic carbocycles. The van der Waals surface area contributed by atoms with Gasteiger partial charge in [-0.05, 0) is 11.4 Å². The molecule has 0 fully saturated rings. The van der Waals surface area contributed by atoms with Crippen LogP contribution in [0.3, 0.4) is 0 Å². The number of rotatable bonds is 3. The number of hydrogen-bond acceptors (Lipinski definition) is 3. The average molecular weight is 243 g/mol. The molecule has 0 amide bonds. The van der Waals surface area contributed by atoms with E-state index in [1.165, 1.54) is 0 Å². The SMILES string of the molecule is Cn1ncc(Cl)c1C(O)Cc1cccs1. The van der Waals surface area contributed by atoms with Gasteiger partial charge in [0.15, 0.2) is 0 Å². The van der Waals surface area contributed by atoms with Gasteiger partial charge in [0.2, 0.25) is 0 Å². The average Bonchev–Trinajstić information content (AvgIpc) is 2.77.